The molecule has 1 saturated carbocycles. The average Bonchev–Trinajstić information content (AvgIpc) is 2.52. The number of ether oxygens (including phenoxy) is 1. The Morgan fingerprint density at radius 2 is 1.90 bits per heavy atom. The predicted octanol–water partition coefficient (Wildman–Crippen LogP) is 3.05. The lowest BCUT2D eigenvalue weighted by molar-refractivity contribution is -0.0235. The Bertz CT molecular complexity index is 363. The Morgan fingerprint density at radius 1 is 1.20 bits per heavy atom. The molecule has 1 aliphatic rings. The van der Waals surface area contributed by atoms with E-state index in [-0.39, 0.29) is 6.04 Å². The van der Waals surface area contributed by atoms with Crippen molar-refractivity contribution >= 4 is 0 Å². The van der Waals surface area contributed by atoms with E-state index in [1.807, 2.05) is 18.2 Å². The second-order valence-corrected chi connectivity index (χ2v) is 5.79. The van der Waals surface area contributed by atoms with Crippen LogP contribution in [-0.2, 0) is 4.74 Å². The number of hydrogen-bond acceptors (Lipinski definition) is 3. The van der Waals surface area contributed by atoms with Crippen molar-refractivity contribution < 1.29 is 9.84 Å². The van der Waals surface area contributed by atoms with Crippen molar-refractivity contribution in [1.29, 1.82) is 0 Å². The van der Waals surface area contributed by atoms with Crippen LogP contribution in [0.5, 0.6) is 0 Å². The topological polar surface area (TPSA) is 41.5 Å². The van der Waals surface area contributed by atoms with Crippen LogP contribution < -0.4 is 5.32 Å². The van der Waals surface area contributed by atoms with Crippen molar-refractivity contribution in [1.82, 2.24) is 5.32 Å². The second kappa shape index (κ2) is 8.40. The van der Waals surface area contributed by atoms with Crippen LogP contribution in [0.1, 0.15) is 50.6 Å². The van der Waals surface area contributed by atoms with E-state index < -0.39 is 6.10 Å². The highest BCUT2D eigenvalue weighted by molar-refractivity contribution is 5.17. The molecule has 1 fully saturated rings. The summed E-state index contributed by atoms with van der Waals surface area (Å²) in [5.74, 6) is 0. The molecule has 1 aromatic rings. The monoisotopic (exact) mass is 277 g/mol. The highest BCUT2D eigenvalue weighted by Crippen LogP contribution is 2.20. The zero-order valence-corrected chi connectivity index (χ0v) is 12.4. The molecule has 3 nitrogen and oxygen atoms in total. The molecule has 3 heteroatoms. The number of nitrogens with one attached hydrogen (secondary N) is 1. The fourth-order valence-electron chi connectivity index (χ4n) is 2.71. The minimum Gasteiger partial charge on any atom is -0.389 e. The van der Waals surface area contributed by atoms with E-state index in [0.717, 1.165) is 12.8 Å². The van der Waals surface area contributed by atoms with Crippen molar-refractivity contribution in [3.8, 4) is 0 Å². The normalized spacial score (nSPS) is 19.7. The molecular weight excluding hydrogens is 250 g/mol. The summed E-state index contributed by atoms with van der Waals surface area (Å²) in [6.07, 6.45) is 6.11. The van der Waals surface area contributed by atoms with Gasteiger partial charge < -0.3 is 15.2 Å². The highest BCUT2D eigenvalue weighted by atomic mass is 16.5. The van der Waals surface area contributed by atoms with Gasteiger partial charge in [-0.05, 0) is 25.3 Å². The molecular formula is C17H27NO2. The minimum absolute atomic E-state index is 0.250. The molecule has 0 saturated heterocycles. The summed E-state index contributed by atoms with van der Waals surface area (Å²) in [4.78, 5) is 0. The number of benzene rings is 1. The van der Waals surface area contributed by atoms with Gasteiger partial charge in [-0.15, -0.1) is 0 Å². The van der Waals surface area contributed by atoms with Gasteiger partial charge in [0.2, 0.25) is 0 Å². The van der Waals surface area contributed by atoms with Crippen LogP contribution in [0.25, 0.3) is 0 Å². The average molecular weight is 277 g/mol. The molecule has 2 atom stereocenters. The smallest absolute Gasteiger partial charge is 0.0898 e. The molecule has 2 rings (SSSR count). The summed E-state index contributed by atoms with van der Waals surface area (Å²) < 4.78 is 5.79. The number of rotatable bonds is 7. The molecule has 20 heavy (non-hydrogen) atoms. The van der Waals surface area contributed by atoms with Gasteiger partial charge in [-0.3, -0.25) is 0 Å². The SMILES string of the molecule is C[C@@H](NCC(O)COC1CCCCC1)c1ccccc1. The van der Waals surface area contributed by atoms with E-state index in [9.17, 15) is 5.11 Å². The quantitative estimate of drug-likeness (QED) is 0.805. The van der Waals surface area contributed by atoms with Crippen molar-refractivity contribution in [3.05, 3.63) is 35.9 Å². The molecule has 0 bridgehead atoms. The van der Waals surface area contributed by atoms with Crippen molar-refractivity contribution in [2.24, 2.45) is 0 Å². The molecule has 2 N–H and O–H groups in total. The van der Waals surface area contributed by atoms with Crippen molar-refractivity contribution in [2.45, 2.75) is 57.3 Å². The molecule has 0 heterocycles. The van der Waals surface area contributed by atoms with Gasteiger partial charge in [-0.25, -0.2) is 0 Å². The van der Waals surface area contributed by atoms with Gasteiger partial charge in [0.25, 0.3) is 0 Å². The van der Waals surface area contributed by atoms with Crippen LogP contribution >= 0.6 is 0 Å². The van der Waals surface area contributed by atoms with Crippen LogP contribution in [0, 0.1) is 0 Å². The summed E-state index contributed by atoms with van der Waals surface area (Å²) in [6.45, 7) is 3.13. The van der Waals surface area contributed by atoms with Crippen LogP contribution in [0.4, 0.5) is 0 Å². The first-order valence-corrected chi connectivity index (χ1v) is 7.83. The molecule has 0 radical (unpaired) electrons. The molecule has 1 aliphatic carbocycles. The third-order valence-electron chi connectivity index (χ3n) is 4.04. The molecule has 1 aromatic carbocycles. The first kappa shape index (κ1) is 15.5. The Kier molecular flexibility index (Phi) is 6.51. The van der Waals surface area contributed by atoms with Gasteiger partial charge in [0.1, 0.15) is 0 Å². The Balaban J connectivity index is 1.63. The molecule has 0 aliphatic heterocycles. The van der Waals surface area contributed by atoms with E-state index >= 15 is 0 Å². The van der Waals surface area contributed by atoms with Gasteiger partial charge in [-0.2, -0.15) is 0 Å². The summed E-state index contributed by atoms with van der Waals surface area (Å²) >= 11 is 0. The van der Waals surface area contributed by atoms with Gasteiger partial charge in [0.15, 0.2) is 0 Å². The second-order valence-electron chi connectivity index (χ2n) is 5.79. The van der Waals surface area contributed by atoms with E-state index in [1.54, 1.807) is 0 Å². The standard InChI is InChI=1S/C17H27NO2/c1-14(15-8-4-2-5-9-15)18-12-16(19)13-20-17-10-6-3-7-11-17/h2,4-5,8-9,14,16-19H,3,6-7,10-13H2,1H3/t14-,16?/m1/s1. The number of hydrogen-bond donors (Lipinski definition) is 2. The van der Waals surface area contributed by atoms with Gasteiger partial charge in [-0.1, -0.05) is 49.6 Å². The largest absolute Gasteiger partial charge is 0.389 e. The molecule has 0 spiro atoms. The first-order valence-electron chi connectivity index (χ1n) is 7.83. The van der Waals surface area contributed by atoms with Crippen molar-refractivity contribution in [3.63, 3.8) is 0 Å². The predicted molar refractivity (Wildman–Crippen MR) is 81.7 cm³/mol. The van der Waals surface area contributed by atoms with Gasteiger partial charge in [0.05, 0.1) is 18.8 Å². The fraction of sp³-hybridized carbons (Fsp3) is 0.647. The van der Waals surface area contributed by atoms with E-state index in [0.29, 0.717) is 19.3 Å². The Hall–Kier alpha value is -0.900. The summed E-state index contributed by atoms with van der Waals surface area (Å²) in [5, 5.41) is 13.3. The molecule has 0 aromatic heterocycles. The summed E-state index contributed by atoms with van der Waals surface area (Å²) in [6, 6.07) is 10.5. The Labute approximate surface area is 122 Å². The fourth-order valence-corrected chi connectivity index (χ4v) is 2.71. The lowest BCUT2D eigenvalue weighted by Gasteiger charge is -2.24. The summed E-state index contributed by atoms with van der Waals surface area (Å²) in [7, 11) is 0. The minimum atomic E-state index is -0.428. The Morgan fingerprint density at radius 3 is 2.60 bits per heavy atom. The zero-order chi connectivity index (χ0) is 14.2. The molecule has 0 amide bonds. The number of aliphatic hydroxyl groups is 1. The van der Waals surface area contributed by atoms with E-state index in [4.69, 9.17) is 4.74 Å². The third-order valence-corrected chi connectivity index (χ3v) is 4.04. The van der Waals surface area contributed by atoms with Gasteiger partial charge in [0, 0.05) is 12.6 Å². The maximum Gasteiger partial charge on any atom is 0.0898 e. The lowest BCUT2D eigenvalue weighted by atomic mass is 9.98. The van der Waals surface area contributed by atoms with Crippen LogP contribution in [0.2, 0.25) is 0 Å². The number of aliphatic hydroxyl groups excluding tert-OH is 1. The zero-order valence-electron chi connectivity index (χ0n) is 12.4. The van der Waals surface area contributed by atoms with Gasteiger partial charge >= 0.3 is 0 Å². The maximum atomic E-state index is 9.99. The van der Waals surface area contributed by atoms with Crippen LogP contribution in [0.3, 0.4) is 0 Å². The summed E-state index contributed by atoms with van der Waals surface area (Å²) in [5.41, 5.74) is 1.24. The highest BCUT2D eigenvalue weighted by Gasteiger charge is 2.16. The van der Waals surface area contributed by atoms with E-state index in [1.165, 1.54) is 24.8 Å². The molecule has 1 unspecified atom stereocenters. The van der Waals surface area contributed by atoms with Crippen molar-refractivity contribution in [2.75, 3.05) is 13.2 Å². The van der Waals surface area contributed by atoms with Crippen LogP contribution in [0.15, 0.2) is 30.3 Å². The van der Waals surface area contributed by atoms with E-state index in [2.05, 4.69) is 24.4 Å². The lowest BCUT2D eigenvalue weighted by Crippen LogP contribution is -2.33. The molecule has 112 valence electrons. The first-order chi connectivity index (χ1) is 9.75. The van der Waals surface area contributed by atoms with Crippen LogP contribution in [-0.4, -0.2) is 30.5 Å². The maximum absolute atomic E-state index is 9.99. The third kappa shape index (κ3) is 5.23.